The number of pyridine rings is 1. The fraction of sp³-hybridized carbons (Fsp3) is 0.176. The second-order valence-corrected chi connectivity index (χ2v) is 5.60. The zero-order valence-electron chi connectivity index (χ0n) is 14.0. The van der Waals surface area contributed by atoms with Crippen molar-refractivity contribution in [3.63, 3.8) is 0 Å². The van der Waals surface area contributed by atoms with Crippen molar-refractivity contribution in [2.75, 3.05) is 0 Å². The first-order chi connectivity index (χ1) is 12.5. The normalized spacial score (nSPS) is 11.9. The SMILES string of the molecule is Cc1cc(C(F)(F)F)c(C(C#N)=Cc2cc(O)c(O)c([N+](=O)[O-])c2)c(C)n1. The molecule has 0 saturated heterocycles. The van der Waals surface area contributed by atoms with Gasteiger partial charge in [-0.2, -0.15) is 18.4 Å². The van der Waals surface area contributed by atoms with Crippen LogP contribution in [0.3, 0.4) is 0 Å². The summed E-state index contributed by atoms with van der Waals surface area (Å²) in [4.78, 5) is 13.9. The smallest absolute Gasteiger partial charge is 0.417 e. The first-order valence-electron chi connectivity index (χ1n) is 7.33. The van der Waals surface area contributed by atoms with Gasteiger partial charge in [-0.3, -0.25) is 15.1 Å². The summed E-state index contributed by atoms with van der Waals surface area (Å²) in [5.74, 6) is -1.83. The molecule has 10 heteroatoms. The number of phenolic OH excluding ortho intramolecular Hbond substituents is 2. The van der Waals surface area contributed by atoms with Crippen molar-refractivity contribution in [3.05, 3.63) is 56.4 Å². The standard InChI is InChI=1S/C17H12F3N3O4/c1-8-3-12(17(18,19)20)15(9(2)22-8)11(7-21)4-10-5-13(23(26)27)16(25)14(24)6-10/h3-6,24-25H,1-2H3. The highest BCUT2D eigenvalue weighted by Gasteiger charge is 2.35. The lowest BCUT2D eigenvalue weighted by Gasteiger charge is -2.15. The van der Waals surface area contributed by atoms with Gasteiger partial charge in [-0.1, -0.05) is 0 Å². The Morgan fingerprint density at radius 3 is 2.44 bits per heavy atom. The Balaban J connectivity index is 2.77. The van der Waals surface area contributed by atoms with Gasteiger partial charge in [0.2, 0.25) is 5.75 Å². The Morgan fingerprint density at radius 1 is 1.30 bits per heavy atom. The fourth-order valence-corrected chi connectivity index (χ4v) is 2.57. The average molecular weight is 379 g/mol. The molecule has 0 aliphatic carbocycles. The van der Waals surface area contributed by atoms with Crippen LogP contribution in [-0.2, 0) is 6.18 Å². The minimum atomic E-state index is -4.76. The van der Waals surface area contributed by atoms with E-state index in [-0.39, 0.29) is 17.0 Å². The number of phenols is 2. The molecule has 0 spiro atoms. The predicted molar refractivity (Wildman–Crippen MR) is 88.6 cm³/mol. The number of rotatable bonds is 3. The second-order valence-electron chi connectivity index (χ2n) is 5.60. The van der Waals surface area contributed by atoms with Crippen LogP contribution in [-0.4, -0.2) is 20.1 Å². The number of halogens is 3. The molecule has 0 atom stereocenters. The van der Waals surface area contributed by atoms with Crippen molar-refractivity contribution in [1.29, 1.82) is 5.26 Å². The Morgan fingerprint density at radius 2 is 1.93 bits per heavy atom. The highest BCUT2D eigenvalue weighted by molar-refractivity contribution is 5.92. The number of hydrogen-bond acceptors (Lipinski definition) is 6. The van der Waals surface area contributed by atoms with Gasteiger partial charge in [0.05, 0.1) is 22.1 Å². The van der Waals surface area contributed by atoms with Crippen molar-refractivity contribution in [2.24, 2.45) is 0 Å². The highest BCUT2D eigenvalue weighted by atomic mass is 19.4. The molecule has 0 aliphatic rings. The number of alkyl halides is 3. The van der Waals surface area contributed by atoms with Crippen LogP contribution in [0, 0.1) is 35.3 Å². The van der Waals surface area contributed by atoms with Crippen LogP contribution in [0.5, 0.6) is 11.5 Å². The first-order valence-corrected chi connectivity index (χ1v) is 7.33. The van der Waals surface area contributed by atoms with Crippen LogP contribution in [0.15, 0.2) is 18.2 Å². The molecule has 7 nitrogen and oxygen atoms in total. The van der Waals surface area contributed by atoms with E-state index < -0.39 is 45.0 Å². The van der Waals surface area contributed by atoms with E-state index in [0.717, 1.165) is 24.3 Å². The van der Waals surface area contributed by atoms with E-state index in [9.17, 15) is 38.8 Å². The molecule has 0 amide bonds. The van der Waals surface area contributed by atoms with Gasteiger partial charge in [0, 0.05) is 23.0 Å². The van der Waals surface area contributed by atoms with Crippen LogP contribution in [0.4, 0.5) is 18.9 Å². The van der Waals surface area contributed by atoms with Gasteiger partial charge >= 0.3 is 11.9 Å². The monoisotopic (exact) mass is 379 g/mol. The van der Waals surface area contributed by atoms with Gasteiger partial charge in [0.25, 0.3) is 0 Å². The molecule has 140 valence electrons. The zero-order valence-corrected chi connectivity index (χ0v) is 14.0. The van der Waals surface area contributed by atoms with Crippen LogP contribution < -0.4 is 0 Å². The molecule has 1 aromatic carbocycles. The molecule has 1 aromatic heterocycles. The minimum absolute atomic E-state index is 0.0485. The van der Waals surface area contributed by atoms with Crippen LogP contribution in [0.2, 0.25) is 0 Å². The lowest BCUT2D eigenvalue weighted by atomic mass is 9.96. The number of aromatic nitrogens is 1. The lowest BCUT2D eigenvalue weighted by Crippen LogP contribution is -2.12. The van der Waals surface area contributed by atoms with Gasteiger partial charge in [0.15, 0.2) is 5.75 Å². The zero-order chi connectivity index (χ0) is 20.5. The maximum atomic E-state index is 13.4. The fourth-order valence-electron chi connectivity index (χ4n) is 2.57. The third-order valence-corrected chi connectivity index (χ3v) is 3.62. The third-order valence-electron chi connectivity index (χ3n) is 3.62. The Bertz CT molecular complexity index is 1010. The van der Waals surface area contributed by atoms with Crippen LogP contribution in [0.1, 0.15) is 28.1 Å². The quantitative estimate of drug-likeness (QED) is 0.358. The maximum Gasteiger partial charge on any atom is 0.417 e. The van der Waals surface area contributed by atoms with E-state index in [4.69, 9.17) is 0 Å². The summed E-state index contributed by atoms with van der Waals surface area (Å²) in [6.07, 6.45) is -3.81. The lowest BCUT2D eigenvalue weighted by molar-refractivity contribution is -0.386. The summed E-state index contributed by atoms with van der Waals surface area (Å²) in [5, 5.41) is 39.4. The van der Waals surface area contributed by atoms with Crippen molar-refractivity contribution in [1.82, 2.24) is 4.98 Å². The van der Waals surface area contributed by atoms with E-state index in [2.05, 4.69) is 4.98 Å². The van der Waals surface area contributed by atoms with Crippen molar-refractivity contribution < 1.29 is 28.3 Å². The number of nitriles is 1. The topological polar surface area (TPSA) is 120 Å². The van der Waals surface area contributed by atoms with Gasteiger partial charge in [-0.05, 0) is 37.6 Å². The van der Waals surface area contributed by atoms with Crippen LogP contribution in [0.25, 0.3) is 11.6 Å². The molecule has 2 rings (SSSR count). The molecule has 0 aliphatic heterocycles. The molecule has 27 heavy (non-hydrogen) atoms. The summed E-state index contributed by atoms with van der Waals surface area (Å²) >= 11 is 0. The van der Waals surface area contributed by atoms with E-state index in [1.807, 2.05) is 0 Å². The number of allylic oxidation sites excluding steroid dienone is 1. The van der Waals surface area contributed by atoms with Crippen LogP contribution >= 0.6 is 0 Å². The van der Waals surface area contributed by atoms with E-state index >= 15 is 0 Å². The number of hydrogen-bond donors (Lipinski definition) is 2. The number of nitrogens with zero attached hydrogens (tertiary/aromatic N) is 3. The minimum Gasteiger partial charge on any atom is -0.504 e. The molecule has 2 N–H and O–H groups in total. The molecular formula is C17H12F3N3O4. The summed E-state index contributed by atoms with van der Waals surface area (Å²) in [6.45, 7) is 2.68. The van der Waals surface area contributed by atoms with Gasteiger partial charge in [0.1, 0.15) is 0 Å². The number of benzene rings is 1. The number of nitro groups is 1. The number of nitro benzene ring substituents is 1. The number of aryl methyl sites for hydroxylation is 2. The van der Waals surface area contributed by atoms with Gasteiger partial charge in [-0.15, -0.1) is 0 Å². The molecule has 0 fully saturated rings. The molecule has 1 heterocycles. The maximum absolute atomic E-state index is 13.4. The van der Waals surface area contributed by atoms with Gasteiger partial charge < -0.3 is 10.2 Å². The summed E-state index contributed by atoms with van der Waals surface area (Å²) in [6, 6.07) is 4.15. The molecule has 0 unspecified atom stereocenters. The predicted octanol–water partition coefficient (Wildman–Crippen LogP) is 4.10. The molecule has 0 bridgehead atoms. The Hall–Kier alpha value is -3.61. The van der Waals surface area contributed by atoms with E-state index in [1.54, 1.807) is 6.07 Å². The average Bonchev–Trinajstić information content (AvgIpc) is 2.54. The second kappa shape index (κ2) is 6.95. The van der Waals surface area contributed by atoms with Crippen molar-refractivity contribution >= 4 is 17.3 Å². The summed E-state index contributed by atoms with van der Waals surface area (Å²) in [5.41, 5.74) is -2.92. The molecule has 0 saturated carbocycles. The van der Waals surface area contributed by atoms with Crippen molar-refractivity contribution in [3.8, 4) is 17.6 Å². The van der Waals surface area contributed by atoms with E-state index in [1.165, 1.54) is 13.8 Å². The Kier molecular flexibility index (Phi) is 5.07. The van der Waals surface area contributed by atoms with Gasteiger partial charge in [-0.25, -0.2) is 0 Å². The third kappa shape index (κ3) is 3.98. The molecular weight excluding hydrogens is 367 g/mol. The van der Waals surface area contributed by atoms with Crippen molar-refractivity contribution in [2.45, 2.75) is 20.0 Å². The Labute approximate surface area is 150 Å². The first kappa shape index (κ1) is 19.7. The molecule has 2 aromatic rings. The highest BCUT2D eigenvalue weighted by Crippen LogP contribution is 2.39. The molecule has 0 radical (unpaired) electrons. The summed E-state index contributed by atoms with van der Waals surface area (Å²) < 4.78 is 40.2. The van der Waals surface area contributed by atoms with E-state index in [0.29, 0.717) is 0 Å². The number of aromatic hydroxyl groups is 2. The summed E-state index contributed by atoms with van der Waals surface area (Å²) in [7, 11) is 0. The largest absolute Gasteiger partial charge is 0.504 e.